The molecule has 1 unspecified atom stereocenters. The molecule has 0 aliphatic carbocycles. The van der Waals surface area contributed by atoms with Gasteiger partial charge in [-0.05, 0) is 40.0 Å². The van der Waals surface area contributed by atoms with Gasteiger partial charge in [-0.15, -0.1) is 0 Å². The number of rotatable bonds is 5. The number of nitrogens with one attached hydrogen (secondary N) is 1. The fourth-order valence-electron chi connectivity index (χ4n) is 2.20. The van der Waals surface area contributed by atoms with Crippen molar-refractivity contribution >= 4 is 0 Å². The molecule has 1 aliphatic rings. The summed E-state index contributed by atoms with van der Waals surface area (Å²) >= 11 is 0. The van der Waals surface area contributed by atoms with E-state index in [0.29, 0.717) is 6.04 Å². The van der Waals surface area contributed by atoms with Crippen LogP contribution in [0.3, 0.4) is 0 Å². The number of ether oxygens (including phenoxy) is 1. The van der Waals surface area contributed by atoms with Crippen LogP contribution in [0, 0.1) is 0 Å². The maximum Gasteiger partial charge on any atom is 0.0638 e. The highest BCUT2D eigenvalue weighted by molar-refractivity contribution is 4.75. The zero-order valence-corrected chi connectivity index (χ0v) is 10.7. The van der Waals surface area contributed by atoms with Crippen LogP contribution in [0.4, 0.5) is 0 Å². The molecule has 1 fully saturated rings. The number of nitrogens with zero attached hydrogens (tertiary/aromatic N) is 1. The van der Waals surface area contributed by atoms with Gasteiger partial charge in [0.2, 0.25) is 0 Å². The Hall–Kier alpha value is -0.120. The van der Waals surface area contributed by atoms with E-state index in [-0.39, 0.29) is 5.60 Å². The lowest BCUT2D eigenvalue weighted by atomic mass is 10.0. The molecule has 1 saturated heterocycles. The summed E-state index contributed by atoms with van der Waals surface area (Å²) in [5.41, 5.74) is 3.54. The molecular weight excluding hydrogens is 188 g/mol. The fraction of sp³-hybridized carbons (Fsp3) is 1.00. The van der Waals surface area contributed by atoms with Gasteiger partial charge in [0.25, 0.3) is 0 Å². The Kier molecular flexibility index (Phi) is 5.03. The number of piperidine rings is 1. The Balaban J connectivity index is 2.25. The van der Waals surface area contributed by atoms with Crippen molar-refractivity contribution in [3.8, 4) is 0 Å². The Morgan fingerprint density at radius 1 is 1.27 bits per heavy atom. The minimum Gasteiger partial charge on any atom is -0.379 e. The number of hydrogen-bond acceptors (Lipinski definition) is 3. The second kappa shape index (κ2) is 5.83. The minimum atomic E-state index is -0.0256. The Bertz CT molecular complexity index is 176. The minimum absolute atomic E-state index is 0.0256. The number of methoxy groups -OCH3 is 1. The molecule has 1 aliphatic heterocycles. The molecule has 0 aromatic carbocycles. The molecule has 90 valence electrons. The van der Waals surface area contributed by atoms with Gasteiger partial charge < -0.3 is 4.74 Å². The average Bonchev–Trinajstić information content (AvgIpc) is 2.18. The molecular formula is C12H26N2O. The van der Waals surface area contributed by atoms with Crippen molar-refractivity contribution in [3.63, 3.8) is 0 Å². The van der Waals surface area contributed by atoms with Crippen molar-refractivity contribution in [1.29, 1.82) is 0 Å². The first kappa shape index (κ1) is 12.9. The first-order valence-corrected chi connectivity index (χ1v) is 6.10. The van der Waals surface area contributed by atoms with Gasteiger partial charge in [-0.2, -0.15) is 0 Å². The maximum atomic E-state index is 5.44. The van der Waals surface area contributed by atoms with Crippen molar-refractivity contribution in [1.82, 2.24) is 10.4 Å². The van der Waals surface area contributed by atoms with E-state index in [4.69, 9.17) is 4.74 Å². The van der Waals surface area contributed by atoms with Crippen LogP contribution in [0.2, 0.25) is 0 Å². The molecule has 3 heteroatoms. The van der Waals surface area contributed by atoms with E-state index in [9.17, 15) is 0 Å². The smallest absolute Gasteiger partial charge is 0.0638 e. The van der Waals surface area contributed by atoms with Crippen LogP contribution in [-0.2, 0) is 4.74 Å². The Morgan fingerprint density at radius 2 is 1.87 bits per heavy atom. The van der Waals surface area contributed by atoms with E-state index in [1.165, 1.54) is 32.4 Å². The van der Waals surface area contributed by atoms with Gasteiger partial charge in [0.05, 0.1) is 5.60 Å². The highest BCUT2D eigenvalue weighted by Crippen LogP contribution is 2.16. The van der Waals surface area contributed by atoms with Crippen LogP contribution < -0.4 is 5.43 Å². The first-order chi connectivity index (χ1) is 7.03. The molecule has 0 amide bonds. The molecule has 15 heavy (non-hydrogen) atoms. The second-order valence-electron chi connectivity index (χ2n) is 5.25. The summed E-state index contributed by atoms with van der Waals surface area (Å²) in [5, 5.41) is 2.36. The van der Waals surface area contributed by atoms with E-state index in [1.54, 1.807) is 7.11 Å². The van der Waals surface area contributed by atoms with Crippen LogP contribution in [0.5, 0.6) is 0 Å². The van der Waals surface area contributed by atoms with E-state index in [2.05, 4.69) is 31.2 Å². The summed E-state index contributed by atoms with van der Waals surface area (Å²) in [7, 11) is 1.79. The normalized spacial score (nSPS) is 21.6. The van der Waals surface area contributed by atoms with Crippen LogP contribution >= 0.6 is 0 Å². The third-order valence-electron chi connectivity index (χ3n) is 3.11. The van der Waals surface area contributed by atoms with Crippen molar-refractivity contribution in [3.05, 3.63) is 0 Å². The Labute approximate surface area is 94.1 Å². The molecule has 1 heterocycles. The van der Waals surface area contributed by atoms with Crippen molar-refractivity contribution in [2.75, 3.05) is 20.2 Å². The average molecular weight is 214 g/mol. The Morgan fingerprint density at radius 3 is 2.40 bits per heavy atom. The van der Waals surface area contributed by atoms with Gasteiger partial charge in [0, 0.05) is 26.2 Å². The predicted octanol–water partition coefficient (Wildman–Crippen LogP) is 2.18. The van der Waals surface area contributed by atoms with Crippen LogP contribution in [0.15, 0.2) is 0 Å². The van der Waals surface area contributed by atoms with E-state index in [1.807, 2.05) is 0 Å². The number of hydrazine groups is 1. The predicted molar refractivity (Wildman–Crippen MR) is 63.7 cm³/mol. The molecule has 1 N–H and O–H groups in total. The molecule has 1 rings (SSSR count). The summed E-state index contributed by atoms with van der Waals surface area (Å²) < 4.78 is 5.44. The van der Waals surface area contributed by atoms with E-state index in [0.717, 1.165) is 6.42 Å². The van der Waals surface area contributed by atoms with E-state index >= 15 is 0 Å². The summed E-state index contributed by atoms with van der Waals surface area (Å²) in [6.45, 7) is 8.90. The van der Waals surface area contributed by atoms with Crippen LogP contribution in [-0.4, -0.2) is 36.9 Å². The van der Waals surface area contributed by atoms with Gasteiger partial charge in [0.1, 0.15) is 0 Å². The quantitative estimate of drug-likeness (QED) is 0.759. The lowest BCUT2D eigenvalue weighted by Gasteiger charge is -2.33. The van der Waals surface area contributed by atoms with Crippen LogP contribution in [0.25, 0.3) is 0 Å². The van der Waals surface area contributed by atoms with Crippen molar-refractivity contribution in [2.24, 2.45) is 0 Å². The van der Waals surface area contributed by atoms with Crippen molar-refractivity contribution < 1.29 is 4.74 Å². The van der Waals surface area contributed by atoms with Gasteiger partial charge in [-0.3, -0.25) is 5.43 Å². The number of hydrogen-bond donors (Lipinski definition) is 1. The SMILES string of the molecule is COC(C)(C)CC(C)NN1CCCCC1. The molecule has 0 aromatic rings. The third-order valence-corrected chi connectivity index (χ3v) is 3.11. The first-order valence-electron chi connectivity index (χ1n) is 6.10. The summed E-state index contributed by atoms with van der Waals surface area (Å²) in [5.74, 6) is 0. The lowest BCUT2D eigenvalue weighted by molar-refractivity contribution is -0.00140. The standard InChI is InChI=1S/C12H26N2O/c1-11(10-12(2,3)15-4)13-14-8-6-5-7-9-14/h11,13H,5-10H2,1-4H3. The monoisotopic (exact) mass is 214 g/mol. The zero-order chi connectivity index (χ0) is 11.3. The maximum absolute atomic E-state index is 5.44. The zero-order valence-electron chi connectivity index (χ0n) is 10.7. The molecule has 0 saturated carbocycles. The van der Waals surface area contributed by atoms with Gasteiger partial charge in [-0.1, -0.05) is 6.42 Å². The van der Waals surface area contributed by atoms with Crippen molar-refractivity contribution in [2.45, 2.75) is 58.1 Å². The lowest BCUT2D eigenvalue weighted by Crippen LogP contribution is -2.48. The largest absolute Gasteiger partial charge is 0.379 e. The second-order valence-corrected chi connectivity index (χ2v) is 5.25. The molecule has 0 aromatic heterocycles. The summed E-state index contributed by atoms with van der Waals surface area (Å²) in [6, 6.07) is 0.484. The molecule has 0 bridgehead atoms. The van der Waals surface area contributed by atoms with Crippen LogP contribution in [0.1, 0.15) is 46.5 Å². The highest BCUT2D eigenvalue weighted by Gasteiger charge is 2.21. The van der Waals surface area contributed by atoms with E-state index < -0.39 is 0 Å². The summed E-state index contributed by atoms with van der Waals surface area (Å²) in [6.07, 6.45) is 5.08. The molecule has 0 spiro atoms. The van der Waals surface area contributed by atoms with Gasteiger partial charge >= 0.3 is 0 Å². The van der Waals surface area contributed by atoms with Gasteiger partial charge in [-0.25, -0.2) is 5.01 Å². The molecule has 3 nitrogen and oxygen atoms in total. The fourth-order valence-corrected chi connectivity index (χ4v) is 2.20. The highest BCUT2D eigenvalue weighted by atomic mass is 16.5. The molecule has 0 radical (unpaired) electrons. The topological polar surface area (TPSA) is 24.5 Å². The molecule has 1 atom stereocenters. The summed E-state index contributed by atoms with van der Waals surface area (Å²) in [4.78, 5) is 0. The van der Waals surface area contributed by atoms with Gasteiger partial charge in [0.15, 0.2) is 0 Å². The third kappa shape index (κ3) is 4.96.